The molecule has 0 amide bonds. The molecule has 2 aromatic carbocycles. The Labute approximate surface area is 181 Å². The van der Waals surface area contributed by atoms with Gasteiger partial charge in [0.25, 0.3) is 5.56 Å². The van der Waals surface area contributed by atoms with Crippen LogP contribution in [0.1, 0.15) is 49.6 Å². The van der Waals surface area contributed by atoms with Crippen LogP contribution in [-0.4, -0.2) is 34.1 Å². The molecule has 0 saturated carbocycles. The minimum atomic E-state index is -0.356. The van der Waals surface area contributed by atoms with E-state index in [-0.39, 0.29) is 11.0 Å². The van der Waals surface area contributed by atoms with Crippen LogP contribution in [0.5, 0.6) is 0 Å². The topological polar surface area (TPSA) is 38.1 Å². The van der Waals surface area contributed by atoms with E-state index in [9.17, 15) is 4.79 Å². The first kappa shape index (κ1) is 19.4. The van der Waals surface area contributed by atoms with Gasteiger partial charge in [0.2, 0.25) is 0 Å². The molecule has 5 heteroatoms. The molecular weight excluding hydrogens is 394 g/mol. The fraction of sp³-hybridized carbons (Fsp3) is 0.360. The van der Waals surface area contributed by atoms with Crippen molar-refractivity contribution in [1.82, 2.24) is 14.5 Å². The molecule has 0 spiro atoms. The minimum Gasteiger partial charge on any atom is -0.296 e. The molecule has 30 heavy (non-hydrogen) atoms. The molecular formula is C25H24ClN3O. The highest BCUT2D eigenvalue weighted by molar-refractivity contribution is 6.35. The van der Waals surface area contributed by atoms with Crippen molar-refractivity contribution in [2.45, 2.75) is 38.0 Å². The number of terminal acetylenes is 1. The fourth-order valence-electron chi connectivity index (χ4n) is 5.07. The van der Waals surface area contributed by atoms with Crippen LogP contribution in [0.3, 0.4) is 0 Å². The standard InChI is InChI=1S/C25H24ClN3O/c1-4-12-28-13-10-16(11-14-28)17-8-9-20-18(15-17)25(2,3)24-27-23(30)22-19(26)6-5-7-21(22)29(20)24/h1,5-9,15-16H,10-14H2,2-3H3. The van der Waals surface area contributed by atoms with E-state index in [0.717, 1.165) is 49.5 Å². The summed E-state index contributed by atoms with van der Waals surface area (Å²) in [5.41, 5.74) is 3.86. The number of rotatable bonds is 2. The number of aromatic nitrogens is 2. The SMILES string of the molecule is C#CCN1CCC(c2ccc3c(c2)C(C)(C)c2nc(=O)c4c(Cl)cccc4n2-3)CC1. The molecule has 152 valence electrons. The third-order valence-corrected chi connectivity index (χ3v) is 7.05. The van der Waals surface area contributed by atoms with Gasteiger partial charge in [0.15, 0.2) is 0 Å². The van der Waals surface area contributed by atoms with Gasteiger partial charge in [-0.15, -0.1) is 6.42 Å². The lowest BCUT2D eigenvalue weighted by atomic mass is 9.81. The Morgan fingerprint density at radius 2 is 2.00 bits per heavy atom. The first-order chi connectivity index (χ1) is 14.4. The molecule has 1 aromatic heterocycles. The summed E-state index contributed by atoms with van der Waals surface area (Å²) in [6, 6.07) is 12.3. The van der Waals surface area contributed by atoms with Gasteiger partial charge >= 0.3 is 0 Å². The van der Waals surface area contributed by atoms with Crippen LogP contribution < -0.4 is 5.56 Å². The smallest absolute Gasteiger partial charge is 0.282 e. The van der Waals surface area contributed by atoms with Crippen molar-refractivity contribution in [2.75, 3.05) is 19.6 Å². The van der Waals surface area contributed by atoms with Crippen LogP contribution in [0.25, 0.3) is 16.6 Å². The Kier molecular flexibility index (Phi) is 4.50. The van der Waals surface area contributed by atoms with Crippen molar-refractivity contribution in [3.05, 3.63) is 68.7 Å². The van der Waals surface area contributed by atoms with Crippen LogP contribution in [0.2, 0.25) is 5.02 Å². The van der Waals surface area contributed by atoms with Crippen LogP contribution in [0.4, 0.5) is 0 Å². The molecule has 3 aromatic rings. The second-order valence-electron chi connectivity index (χ2n) is 8.87. The van der Waals surface area contributed by atoms with Crippen molar-refractivity contribution in [1.29, 1.82) is 0 Å². The van der Waals surface area contributed by atoms with Gasteiger partial charge in [0.1, 0.15) is 5.82 Å². The molecule has 1 saturated heterocycles. The number of piperidine rings is 1. The molecule has 0 bridgehead atoms. The summed E-state index contributed by atoms with van der Waals surface area (Å²) in [5, 5.41) is 0.929. The van der Waals surface area contributed by atoms with Gasteiger partial charge in [-0.05, 0) is 75.0 Å². The third-order valence-electron chi connectivity index (χ3n) is 6.73. The number of nitrogens with zero attached hydrogens (tertiary/aromatic N) is 3. The maximum atomic E-state index is 12.8. The lowest BCUT2D eigenvalue weighted by Crippen LogP contribution is -2.33. The quantitative estimate of drug-likeness (QED) is 0.576. The summed E-state index contributed by atoms with van der Waals surface area (Å²) in [6.07, 6.45) is 7.69. The van der Waals surface area contributed by atoms with Crippen molar-refractivity contribution >= 4 is 22.5 Å². The Morgan fingerprint density at radius 1 is 1.23 bits per heavy atom. The van der Waals surface area contributed by atoms with E-state index in [0.29, 0.717) is 16.3 Å². The zero-order valence-electron chi connectivity index (χ0n) is 17.3. The lowest BCUT2D eigenvalue weighted by molar-refractivity contribution is 0.236. The average molecular weight is 418 g/mol. The van der Waals surface area contributed by atoms with Gasteiger partial charge in [-0.1, -0.05) is 35.7 Å². The number of halogens is 1. The molecule has 0 N–H and O–H groups in total. The largest absolute Gasteiger partial charge is 0.296 e. The predicted octanol–water partition coefficient (Wildman–Crippen LogP) is 4.49. The first-order valence-corrected chi connectivity index (χ1v) is 10.8. The third kappa shape index (κ3) is 2.80. The average Bonchev–Trinajstić information content (AvgIpc) is 2.96. The van der Waals surface area contributed by atoms with E-state index in [2.05, 4.69) is 52.4 Å². The highest BCUT2D eigenvalue weighted by Crippen LogP contribution is 2.44. The molecule has 2 aliphatic rings. The first-order valence-electron chi connectivity index (χ1n) is 10.4. The van der Waals surface area contributed by atoms with E-state index in [4.69, 9.17) is 18.0 Å². The molecule has 0 radical (unpaired) electrons. The molecule has 3 heterocycles. The Balaban J connectivity index is 1.61. The summed E-state index contributed by atoms with van der Waals surface area (Å²) in [7, 11) is 0. The van der Waals surface area contributed by atoms with Crippen molar-refractivity contribution in [3.8, 4) is 18.0 Å². The zero-order valence-corrected chi connectivity index (χ0v) is 18.0. The van der Waals surface area contributed by atoms with Gasteiger partial charge < -0.3 is 0 Å². The molecule has 0 aliphatic carbocycles. The zero-order chi connectivity index (χ0) is 21.0. The molecule has 0 unspecified atom stereocenters. The second-order valence-corrected chi connectivity index (χ2v) is 9.27. The van der Waals surface area contributed by atoms with Crippen LogP contribution in [-0.2, 0) is 5.41 Å². The van der Waals surface area contributed by atoms with E-state index >= 15 is 0 Å². The van der Waals surface area contributed by atoms with Gasteiger partial charge in [-0.2, -0.15) is 4.98 Å². The lowest BCUT2D eigenvalue weighted by Gasteiger charge is -2.31. The van der Waals surface area contributed by atoms with Crippen molar-refractivity contribution < 1.29 is 0 Å². The monoisotopic (exact) mass is 417 g/mol. The molecule has 2 aliphatic heterocycles. The number of benzene rings is 2. The summed E-state index contributed by atoms with van der Waals surface area (Å²) in [5.74, 6) is 4.06. The second kappa shape index (κ2) is 6.97. The summed E-state index contributed by atoms with van der Waals surface area (Å²) in [4.78, 5) is 19.6. The maximum absolute atomic E-state index is 12.8. The summed E-state index contributed by atoms with van der Waals surface area (Å²) >= 11 is 6.35. The van der Waals surface area contributed by atoms with Crippen LogP contribution >= 0.6 is 11.6 Å². The summed E-state index contributed by atoms with van der Waals surface area (Å²) in [6.45, 7) is 7.09. The van der Waals surface area contributed by atoms with Gasteiger partial charge in [-0.3, -0.25) is 14.3 Å². The van der Waals surface area contributed by atoms with E-state index in [1.54, 1.807) is 6.07 Å². The number of fused-ring (bicyclic) bond motifs is 5. The van der Waals surface area contributed by atoms with Crippen LogP contribution in [0, 0.1) is 12.3 Å². The Hall–Kier alpha value is -2.61. The molecule has 0 atom stereocenters. The normalized spacial score (nSPS) is 18.2. The number of hydrogen-bond donors (Lipinski definition) is 0. The highest BCUT2D eigenvalue weighted by atomic mass is 35.5. The van der Waals surface area contributed by atoms with Crippen molar-refractivity contribution in [2.24, 2.45) is 0 Å². The van der Waals surface area contributed by atoms with Gasteiger partial charge in [-0.25, -0.2) is 0 Å². The van der Waals surface area contributed by atoms with E-state index in [1.165, 1.54) is 11.1 Å². The number of likely N-dealkylation sites (tertiary alicyclic amines) is 1. The Bertz CT molecular complexity index is 1260. The predicted molar refractivity (Wildman–Crippen MR) is 122 cm³/mol. The minimum absolute atomic E-state index is 0.260. The Morgan fingerprint density at radius 3 is 2.73 bits per heavy atom. The number of hydrogen-bond acceptors (Lipinski definition) is 3. The van der Waals surface area contributed by atoms with E-state index < -0.39 is 0 Å². The van der Waals surface area contributed by atoms with Crippen molar-refractivity contribution in [3.63, 3.8) is 0 Å². The molecule has 1 fully saturated rings. The van der Waals surface area contributed by atoms with Gasteiger partial charge in [0.05, 0.1) is 33.6 Å². The summed E-state index contributed by atoms with van der Waals surface area (Å²) < 4.78 is 2.11. The van der Waals surface area contributed by atoms with Crippen LogP contribution in [0.15, 0.2) is 41.2 Å². The molecule has 5 rings (SSSR count). The highest BCUT2D eigenvalue weighted by Gasteiger charge is 2.39. The van der Waals surface area contributed by atoms with Gasteiger partial charge in [0, 0.05) is 0 Å². The van der Waals surface area contributed by atoms with E-state index in [1.807, 2.05) is 12.1 Å². The fourth-order valence-corrected chi connectivity index (χ4v) is 5.32. The molecule has 4 nitrogen and oxygen atoms in total. The maximum Gasteiger partial charge on any atom is 0.282 e.